The zero-order valence-electron chi connectivity index (χ0n) is 11.2. The van der Waals surface area contributed by atoms with Crippen molar-refractivity contribution in [3.05, 3.63) is 42.2 Å². The SMILES string of the molecule is CN(C)C(=N)c1nnccc1-c1ccccc1N.Cl.Cl. The Morgan fingerprint density at radius 2 is 1.75 bits per heavy atom. The summed E-state index contributed by atoms with van der Waals surface area (Å²) >= 11 is 0. The number of anilines is 1. The molecule has 1 heterocycles. The van der Waals surface area contributed by atoms with Crippen LogP contribution in [0.15, 0.2) is 36.5 Å². The van der Waals surface area contributed by atoms with Crippen molar-refractivity contribution < 1.29 is 0 Å². The summed E-state index contributed by atoms with van der Waals surface area (Å²) < 4.78 is 0. The molecule has 108 valence electrons. The van der Waals surface area contributed by atoms with Gasteiger partial charge in [0.05, 0.1) is 6.20 Å². The van der Waals surface area contributed by atoms with Crippen LogP contribution in [0.3, 0.4) is 0 Å². The van der Waals surface area contributed by atoms with Gasteiger partial charge in [-0.05, 0) is 12.1 Å². The molecule has 0 aliphatic rings. The molecule has 5 nitrogen and oxygen atoms in total. The molecule has 2 rings (SSSR count). The molecule has 0 spiro atoms. The summed E-state index contributed by atoms with van der Waals surface area (Å²) in [5.41, 5.74) is 8.85. The van der Waals surface area contributed by atoms with Crippen LogP contribution in [0.2, 0.25) is 0 Å². The average Bonchev–Trinajstić information content (AvgIpc) is 2.38. The number of rotatable bonds is 2. The minimum Gasteiger partial charge on any atom is -0.398 e. The van der Waals surface area contributed by atoms with Crippen molar-refractivity contribution in [2.24, 2.45) is 0 Å². The Morgan fingerprint density at radius 3 is 2.35 bits per heavy atom. The van der Waals surface area contributed by atoms with Gasteiger partial charge in [-0.2, -0.15) is 5.10 Å². The molecule has 3 N–H and O–H groups in total. The largest absolute Gasteiger partial charge is 0.398 e. The van der Waals surface area contributed by atoms with Gasteiger partial charge < -0.3 is 10.6 Å². The normalized spacial score (nSPS) is 9.10. The van der Waals surface area contributed by atoms with Gasteiger partial charge in [-0.1, -0.05) is 18.2 Å². The molecule has 0 saturated carbocycles. The van der Waals surface area contributed by atoms with Crippen LogP contribution >= 0.6 is 24.8 Å². The lowest BCUT2D eigenvalue weighted by atomic mass is 10.0. The number of hydrogen-bond acceptors (Lipinski definition) is 4. The maximum absolute atomic E-state index is 8.03. The first kappa shape index (κ1) is 18.2. The Labute approximate surface area is 130 Å². The highest BCUT2D eigenvalue weighted by Crippen LogP contribution is 2.27. The Kier molecular flexibility index (Phi) is 6.96. The number of nitrogens with one attached hydrogen (secondary N) is 1. The highest BCUT2D eigenvalue weighted by atomic mass is 35.5. The second-order valence-corrected chi connectivity index (χ2v) is 4.12. The van der Waals surface area contributed by atoms with E-state index in [-0.39, 0.29) is 24.8 Å². The lowest BCUT2D eigenvalue weighted by molar-refractivity contribution is 0.615. The molecule has 1 aromatic heterocycles. The van der Waals surface area contributed by atoms with Gasteiger partial charge in [0.1, 0.15) is 11.5 Å². The summed E-state index contributed by atoms with van der Waals surface area (Å²) in [4.78, 5) is 1.69. The first-order valence-electron chi connectivity index (χ1n) is 5.54. The first-order chi connectivity index (χ1) is 8.61. The smallest absolute Gasteiger partial charge is 0.149 e. The number of nitrogens with two attached hydrogens (primary N) is 1. The van der Waals surface area contributed by atoms with Crippen LogP contribution in [0.1, 0.15) is 5.69 Å². The number of nitrogen functional groups attached to an aromatic ring is 1. The summed E-state index contributed by atoms with van der Waals surface area (Å²) in [5.74, 6) is 0.307. The molecule has 0 aliphatic carbocycles. The monoisotopic (exact) mass is 313 g/mol. The molecule has 20 heavy (non-hydrogen) atoms. The standard InChI is InChI=1S/C13H15N5.2ClH/c1-18(2)13(15)12-10(7-8-16-17-12)9-5-3-4-6-11(9)14;;/h3-8,15H,14H2,1-2H3;2*1H. The second kappa shape index (κ2) is 7.67. The summed E-state index contributed by atoms with van der Waals surface area (Å²) in [6.07, 6.45) is 1.61. The molecule has 0 fully saturated rings. The van der Waals surface area contributed by atoms with E-state index in [1.165, 1.54) is 0 Å². The molecule has 0 saturated heterocycles. The van der Waals surface area contributed by atoms with E-state index in [1.54, 1.807) is 25.2 Å². The highest BCUT2D eigenvalue weighted by Gasteiger charge is 2.14. The summed E-state index contributed by atoms with van der Waals surface area (Å²) in [5, 5.41) is 15.9. The van der Waals surface area contributed by atoms with Gasteiger partial charge >= 0.3 is 0 Å². The van der Waals surface area contributed by atoms with Crippen LogP contribution < -0.4 is 5.73 Å². The van der Waals surface area contributed by atoms with Crippen LogP contribution in [0.4, 0.5) is 5.69 Å². The van der Waals surface area contributed by atoms with Crippen molar-refractivity contribution in [3.8, 4) is 11.1 Å². The Hall–Kier alpha value is -1.85. The van der Waals surface area contributed by atoms with E-state index in [0.717, 1.165) is 11.1 Å². The quantitative estimate of drug-likeness (QED) is 0.507. The number of benzene rings is 1. The molecule has 0 radical (unpaired) electrons. The van der Waals surface area contributed by atoms with Crippen LogP contribution in [0, 0.1) is 5.41 Å². The molecule has 0 atom stereocenters. The van der Waals surface area contributed by atoms with E-state index >= 15 is 0 Å². The van der Waals surface area contributed by atoms with Crippen molar-refractivity contribution >= 4 is 36.3 Å². The van der Waals surface area contributed by atoms with Crippen molar-refractivity contribution in [2.75, 3.05) is 19.8 Å². The summed E-state index contributed by atoms with van der Waals surface area (Å²) in [6, 6.07) is 9.36. The number of halogens is 2. The van der Waals surface area contributed by atoms with E-state index in [1.807, 2.05) is 30.3 Å². The van der Waals surface area contributed by atoms with E-state index in [0.29, 0.717) is 17.2 Å². The third kappa shape index (κ3) is 3.59. The van der Waals surface area contributed by atoms with Gasteiger partial charge in [-0.15, -0.1) is 29.9 Å². The fourth-order valence-electron chi connectivity index (χ4n) is 1.68. The van der Waals surface area contributed by atoms with Crippen molar-refractivity contribution in [3.63, 3.8) is 0 Å². The van der Waals surface area contributed by atoms with Gasteiger partial charge in [0.15, 0.2) is 0 Å². The minimum atomic E-state index is 0. The lowest BCUT2D eigenvalue weighted by Gasteiger charge is -2.16. The third-order valence-corrected chi connectivity index (χ3v) is 2.64. The van der Waals surface area contributed by atoms with E-state index < -0.39 is 0 Å². The molecular formula is C13H17Cl2N5. The van der Waals surface area contributed by atoms with Crippen molar-refractivity contribution in [1.82, 2.24) is 15.1 Å². The molecule has 0 aliphatic heterocycles. The predicted octanol–water partition coefficient (Wildman–Crippen LogP) is 2.46. The van der Waals surface area contributed by atoms with Crippen LogP contribution in [0.5, 0.6) is 0 Å². The molecule has 0 amide bonds. The van der Waals surface area contributed by atoms with Crippen LogP contribution in [0.25, 0.3) is 11.1 Å². The molecule has 0 unspecified atom stereocenters. The molecule has 0 bridgehead atoms. The number of hydrogen-bond donors (Lipinski definition) is 2. The second-order valence-electron chi connectivity index (χ2n) is 4.12. The van der Waals surface area contributed by atoms with Crippen molar-refractivity contribution in [2.45, 2.75) is 0 Å². The van der Waals surface area contributed by atoms with E-state index in [4.69, 9.17) is 11.1 Å². The zero-order valence-corrected chi connectivity index (χ0v) is 12.8. The first-order valence-corrected chi connectivity index (χ1v) is 5.54. The predicted molar refractivity (Wildman–Crippen MR) is 86.9 cm³/mol. The fourth-order valence-corrected chi connectivity index (χ4v) is 1.68. The zero-order chi connectivity index (χ0) is 13.1. The Balaban J connectivity index is 0.00000180. The van der Waals surface area contributed by atoms with Gasteiger partial charge in [-0.25, -0.2) is 0 Å². The lowest BCUT2D eigenvalue weighted by Crippen LogP contribution is -2.24. The maximum Gasteiger partial charge on any atom is 0.149 e. The molecule has 7 heteroatoms. The topological polar surface area (TPSA) is 78.9 Å². The van der Waals surface area contributed by atoms with Gasteiger partial charge in [0.2, 0.25) is 0 Å². The van der Waals surface area contributed by atoms with Crippen LogP contribution in [-0.2, 0) is 0 Å². The fraction of sp³-hybridized carbons (Fsp3) is 0.154. The molecule has 2 aromatic rings. The van der Waals surface area contributed by atoms with Gasteiger partial charge in [-0.3, -0.25) is 5.41 Å². The summed E-state index contributed by atoms with van der Waals surface area (Å²) in [6.45, 7) is 0. The van der Waals surface area contributed by atoms with E-state index in [2.05, 4.69) is 10.2 Å². The minimum absolute atomic E-state index is 0. The van der Waals surface area contributed by atoms with Gasteiger partial charge in [0, 0.05) is 30.9 Å². The van der Waals surface area contributed by atoms with E-state index in [9.17, 15) is 0 Å². The van der Waals surface area contributed by atoms with Crippen LogP contribution in [-0.4, -0.2) is 35.0 Å². The Bertz CT molecular complexity index is 586. The summed E-state index contributed by atoms with van der Waals surface area (Å²) in [7, 11) is 3.60. The van der Waals surface area contributed by atoms with Crippen molar-refractivity contribution in [1.29, 1.82) is 5.41 Å². The van der Waals surface area contributed by atoms with Gasteiger partial charge in [0.25, 0.3) is 0 Å². The average molecular weight is 314 g/mol. The molecular weight excluding hydrogens is 297 g/mol. The third-order valence-electron chi connectivity index (χ3n) is 2.64. The maximum atomic E-state index is 8.03. The number of aromatic nitrogens is 2. The number of amidine groups is 1. The highest BCUT2D eigenvalue weighted by molar-refractivity contribution is 6.01. The number of nitrogens with zero attached hydrogens (tertiary/aromatic N) is 3. The number of para-hydroxylation sites is 1. The molecule has 1 aromatic carbocycles. The Morgan fingerprint density at radius 1 is 1.10 bits per heavy atom.